The molecule has 0 N–H and O–H groups in total. The van der Waals surface area contributed by atoms with Crippen LogP contribution in [0.4, 0.5) is 18.9 Å². The van der Waals surface area contributed by atoms with Crippen molar-refractivity contribution in [1.82, 2.24) is 0 Å². The van der Waals surface area contributed by atoms with Crippen LogP contribution in [0.3, 0.4) is 0 Å². The zero-order chi connectivity index (χ0) is 19.1. The third kappa shape index (κ3) is 3.43. The van der Waals surface area contributed by atoms with Crippen LogP contribution in [0, 0.1) is 0 Å². The molecule has 2 aromatic rings. The zero-order valence-corrected chi connectivity index (χ0v) is 15.5. The average molecular weight is 397 g/mol. The maximum atomic E-state index is 12.9. The van der Waals surface area contributed by atoms with Gasteiger partial charge in [0.1, 0.15) is 0 Å². The van der Waals surface area contributed by atoms with Gasteiger partial charge in [-0.15, -0.1) is 23.1 Å². The van der Waals surface area contributed by atoms with E-state index in [9.17, 15) is 22.8 Å². The maximum absolute atomic E-state index is 12.9. The number of carbonyl (C=O) groups excluding carboxylic acids is 2. The van der Waals surface area contributed by atoms with Crippen molar-refractivity contribution in [1.29, 1.82) is 0 Å². The van der Waals surface area contributed by atoms with Crippen molar-refractivity contribution in [3.8, 4) is 0 Å². The second kappa shape index (κ2) is 6.92. The summed E-state index contributed by atoms with van der Waals surface area (Å²) in [7, 11) is 0. The van der Waals surface area contributed by atoms with E-state index < -0.39 is 23.6 Å². The predicted molar refractivity (Wildman–Crippen MR) is 97.9 cm³/mol. The molecule has 0 unspecified atom stereocenters. The van der Waals surface area contributed by atoms with Gasteiger partial charge in [-0.1, -0.05) is 19.9 Å². The first-order valence-electron chi connectivity index (χ1n) is 7.71. The van der Waals surface area contributed by atoms with Crippen LogP contribution in [0.1, 0.15) is 24.3 Å². The number of benzene rings is 1. The molecule has 0 atom stereocenters. The van der Waals surface area contributed by atoms with Gasteiger partial charge in [0, 0.05) is 10.1 Å². The van der Waals surface area contributed by atoms with Crippen LogP contribution in [0.5, 0.6) is 0 Å². The summed E-state index contributed by atoms with van der Waals surface area (Å²) < 4.78 is 38.2. The zero-order valence-electron chi connectivity index (χ0n) is 13.8. The first-order valence-corrected chi connectivity index (χ1v) is 9.47. The van der Waals surface area contributed by atoms with Gasteiger partial charge in [-0.25, -0.2) is 4.90 Å². The number of anilines is 1. The number of rotatable bonds is 4. The number of alkyl halides is 3. The Balaban J connectivity index is 2.01. The molecule has 0 saturated carbocycles. The van der Waals surface area contributed by atoms with Crippen LogP contribution in [-0.4, -0.2) is 17.1 Å². The van der Waals surface area contributed by atoms with E-state index in [1.165, 1.54) is 23.1 Å². The summed E-state index contributed by atoms with van der Waals surface area (Å²) >= 11 is 2.62. The molecular formula is C18H14F3NO2S2. The predicted octanol–water partition coefficient (Wildman–Crippen LogP) is 5.19. The van der Waals surface area contributed by atoms with E-state index in [1.807, 2.05) is 13.8 Å². The lowest BCUT2D eigenvalue weighted by atomic mass is 10.2. The second-order valence-corrected chi connectivity index (χ2v) is 8.37. The molecule has 0 saturated heterocycles. The fourth-order valence-electron chi connectivity index (χ4n) is 2.53. The minimum Gasteiger partial charge on any atom is -0.268 e. The van der Waals surface area contributed by atoms with Gasteiger partial charge in [0.2, 0.25) is 0 Å². The van der Waals surface area contributed by atoms with Crippen LogP contribution in [0.2, 0.25) is 0 Å². The van der Waals surface area contributed by atoms with Gasteiger partial charge < -0.3 is 0 Å². The van der Waals surface area contributed by atoms with Crippen molar-refractivity contribution < 1.29 is 22.8 Å². The highest BCUT2D eigenvalue weighted by molar-refractivity contribution is 8.04. The summed E-state index contributed by atoms with van der Waals surface area (Å²) in [5.41, 5.74) is -0.395. The molecule has 0 aliphatic carbocycles. The fourth-order valence-corrected chi connectivity index (χ4v) is 4.34. The van der Waals surface area contributed by atoms with Gasteiger partial charge in [-0.05, 0) is 35.7 Å². The summed E-state index contributed by atoms with van der Waals surface area (Å²) in [6, 6.07) is 7.56. The molecule has 3 nitrogen and oxygen atoms in total. The van der Waals surface area contributed by atoms with Crippen molar-refractivity contribution in [3.63, 3.8) is 0 Å². The highest BCUT2D eigenvalue weighted by Crippen LogP contribution is 2.41. The molecule has 8 heteroatoms. The van der Waals surface area contributed by atoms with E-state index in [-0.39, 0.29) is 10.9 Å². The third-order valence-electron chi connectivity index (χ3n) is 3.62. The Kier molecular flexibility index (Phi) is 4.98. The van der Waals surface area contributed by atoms with Gasteiger partial charge in [-0.3, -0.25) is 9.59 Å². The van der Waals surface area contributed by atoms with Crippen molar-refractivity contribution >= 4 is 46.2 Å². The lowest BCUT2D eigenvalue weighted by Crippen LogP contribution is -2.31. The molecule has 0 spiro atoms. The molecule has 1 aliphatic rings. The van der Waals surface area contributed by atoms with Gasteiger partial charge in [0.05, 0.1) is 21.7 Å². The molecule has 2 heterocycles. The first kappa shape index (κ1) is 18.7. The lowest BCUT2D eigenvalue weighted by Gasteiger charge is -2.16. The maximum Gasteiger partial charge on any atom is 0.416 e. The van der Waals surface area contributed by atoms with E-state index in [0.717, 1.165) is 29.2 Å². The summed E-state index contributed by atoms with van der Waals surface area (Å²) in [6.07, 6.45) is -4.48. The smallest absolute Gasteiger partial charge is 0.268 e. The molecule has 3 rings (SSSR count). The topological polar surface area (TPSA) is 37.4 Å². The minimum absolute atomic E-state index is 0.0734. The molecule has 0 fully saturated rings. The van der Waals surface area contributed by atoms with Crippen molar-refractivity contribution in [2.24, 2.45) is 0 Å². The van der Waals surface area contributed by atoms with Gasteiger partial charge >= 0.3 is 6.18 Å². The summed E-state index contributed by atoms with van der Waals surface area (Å²) in [5, 5.41) is 1.88. The molecule has 136 valence electrons. The first-order chi connectivity index (χ1) is 12.2. The highest BCUT2D eigenvalue weighted by Gasteiger charge is 2.41. The monoisotopic (exact) mass is 397 g/mol. The van der Waals surface area contributed by atoms with Gasteiger partial charge in [0.25, 0.3) is 11.8 Å². The van der Waals surface area contributed by atoms with Crippen LogP contribution >= 0.6 is 23.1 Å². The third-order valence-corrected chi connectivity index (χ3v) is 5.59. The lowest BCUT2D eigenvalue weighted by molar-refractivity contribution is -0.137. The number of imide groups is 1. The molecule has 0 bridgehead atoms. The summed E-state index contributed by atoms with van der Waals surface area (Å²) in [5.74, 6) is -1.02. The number of amides is 2. The summed E-state index contributed by atoms with van der Waals surface area (Å²) in [4.78, 5) is 27.7. The van der Waals surface area contributed by atoms with E-state index in [0.29, 0.717) is 15.4 Å². The number of hydrogen-bond acceptors (Lipinski definition) is 4. The normalized spacial score (nSPS) is 15.5. The Hall–Kier alpha value is -2.06. The fraction of sp³-hybridized carbons (Fsp3) is 0.222. The van der Waals surface area contributed by atoms with E-state index in [1.54, 1.807) is 17.5 Å². The SMILES string of the molecule is CC(C)SC1=C(c2cccs2)C(=O)N(c2ccc(C(F)(F)F)cc2)C1=O. The number of hydrogen-bond donors (Lipinski definition) is 0. The van der Waals surface area contributed by atoms with E-state index in [2.05, 4.69) is 0 Å². The number of halogens is 3. The average Bonchev–Trinajstić information content (AvgIpc) is 3.14. The number of nitrogens with zero attached hydrogens (tertiary/aromatic N) is 1. The molecule has 1 aromatic heterocycles. The Morgan fingerprint density at radius 2 is 1.69 bits per heavy atom. The Labute approximate surface area is 156 Å². The van der Waals surface area contributed by atoms with Crippen LogP contribution in [0.25, 0.3) is 5.57 Å². The van der Waals surface area contributed by atoms with Crippen molar-refractivity contribution in [2.75, 3.05) is 4.90 Å². The molecule has 2 amide bonds. The largest absolute Gasteiger partial charge is 0.416 e. The van der Waals surface area contributed by atoms with Crippen LogP contribution in [-0.2, 0) is 15.8 Å². The van der Waals surface area contributed by atoms with Crippen molar-refractivity contribution in [2.45, 2.75) is 25.3 Å². The number of thiophene rings is 1. The Morgan fingerprint density at radius 3 is 2.19 bits per heavy atom. The van der Waals surface area contributed by atoms with Gasteiger partial charge in [-0.2, -0.15) is 13.2 Å². The standard InChI is InChI=1S/C18H14F3NO2S2/c1-10(2)26-15-14(13-4-3-9-25-13)16(23)22(17(15)24)12-7-5-11(6-8-12)18(19,20)21/h3-10H,1-2H3. The van der Waals surface area contributed by atoms with E-state index in [4.69, 9.17) is 0 Å². The molecule has 1 aliphatic heterocycles. The summed E-state index contributed by atoms with van der Waals surface area (Å²) in [6.45, 7) is 3.81. The Bertz CT molecular complexity index is 869. The molecule has 0 radical (unpaired) electrons. The number of carbonyl (C=O) groups is 2. The molecule has 1 aromatic carbocycles. The quantitative estimate of drug-likeness (QED) is 0.666. The van der Waals surface area contributed by atoms with E-state index >= 15 is 0 Å². The second-order valence-electron chi connectivity index (χ2n) is 5.84. The van der Waals surface area contributed by atoms with Crippen LogP contribution in [0.15, 0.2) is 46.7 Å². The van der Waals surface area contributed by atoms with Gasteiger partial charge in [0.15, 0.2) is 0 Å². The van der Waals surface area contributed by atoms with Crippen LogP contribution < -0.4 is 4.90 Å². The highest BCUT2D eigenvalue weighted by atomic mass is 32.2. The molecule has 26 heavy (non-hydrogen) atoms. The number of thioether (sulfide) groups is 1. The Morgan fingerprint density at radius 1 is 1.04 bits per heavy atom. The minimum atomic E-state index is -4.48. The molecular weight excluding hydrogens is 383 g/mol. The van der Waals surface area contributed by atoms with Crippen molar-refractivity contribution in [3.05, 3.63) is 57.1 Å².